The molecule has 18 heavy (non-hydrogen) atoms. The van der Waals surface area contributed by atoms with E-state index in [1.807, 2.05) is 25.1 Å². The number of pyridine rings is 1. The maximum atomic E-state index is 5.98. The van der Waals surface area contributed by atoms with Crippen molar-refractivity contribution in [1.29, 1.82) is 0 Å². The number of aromatic nitrogens is 1. The van der Waals surface area contributed by atoms with Crippen molar-refractivity contribution >= 4 is 39.0 Å². The van der Waals surface area contributed by atoms with Crippen molar-refractivity contribution in [3.63, 3.8) is 0 Å². The van der Waals surface area contributed by atoms with Crippen molar-refractivity contribution in [2.75, 3.05) is 12.4 Å². The molecule has 0 fully saturated rings. The molecule has 0 atom stereocenters. The van der Waals surface area contributed by atoms with Crippen molar-refractivity contribution in [3.8, 4) is 5.75 Å². The monoisotopic (exact) mass is 326 g/mol. The van der Waals surface area contributed by atoms with Gasteiger partial charge in [0.15, 0.2) is 0 Å². The summed E-state index contributed by atoms with van der Waals surface area (Å²) in [6, 6.07) is 7.40. The molecule has 0 amide bonds. The average molecular weight is 328 g/mol. The minimum absolute atomic E-state index is 0.646. The lowest BCUT2D eigenvalue weighted by atomic mass is 10.2. The Morgan fingerprint density at radius 3 is 2.78 bits per heavy atom. The topological polar surface area (TPSA) is 34.1 Å². The zero-order chi connectivity index (χ0) is 13.1. The lowest BCUT2D eigenvalue weighted by Gasteiger charge is -2.12. The second-order valence-electron chi connectivity index (χ2n) is 3.79. The number of anilines is 2. The Hall–Kier alpha value is -1.26. The molecule has 3 nitrogen and oxygen atoms in total. The highest BCUT2D eigenvalue weighted by molar-refractivity contribution is 9.10. The van der Waals surface area contributed by atoms with E-state index in [1.54, 1.807) is 19.4 Å². The zero-order valence-corrected chi connectivity index (χ0v) is 12.3. The second-order valence-corrected chi connectivity index (χ2v) is 5.14. The SMILES string of the molecule is COc1ccc(Cl)cc1Nc1ncc(Br)cc1C. The van der Waals surface area contributed by atoms with E-state index in [-0.39, 0.29) is 0 Å². The maximum absolute atomic E-state index is 5.98. The molecular weight excluding hydrogens is 316 g/mol. The first kappa shape index (κ1) is 13.2. The number of benzene rings is 1. The third-order valence-corrected chi connectivity index (χ3v) is 3.13. The van der Waals surface area contributed by atoms with Gasteiger partial charge in [0.2, 0.25) is 0 Å². The number of nitrogens with zero attached hydrogens (tertiary/aromatic N) is 1. The minimum Gasteiger partial charge on any atom is -0.495 e. The normalized spacial score (nSPS) is 10.2. The van der Waals surface area contributed by atoms with Crippen LogP contribution in [0.25, 0.3) is 0 Å². The highest BCUT2D eigenvalue weighted by atomic mass is 79.9. The number of hydrogen-bond donors (Lipinski definition) is 1. The van der Waals surface area contributed by atoms with Gasteiger partial charge in [-0.05, 0) is 52.7 Å². The molecule has 0 spiro atoms. The number of nitrogens with one attached hydrogen (secondary N) is 1. The molecular formula is C13H12BrClN2O. The highest BCUT2D eigenvalue weighted by Crippen LogP contribution is 2.31. The summed E-state index contributed by atoms with van der Waals surface area (Å²) >= 11 is 9.37. The first-order valence-electron chi connectivity index (χ1n) is 5.33. The number of ether oxygens (including phenoxy) is 1. The fraction of sp³-hybridized carbons (Fsp3) is 0.154. The van der Waals surface area contributed by atoms with Crippen LogP contribution in [-0.2, 0) is 0 Å². The molecule has 5 heteroatoms. The van der Waals surface area contributed by atoms with Gasteiger partial charge in [0.1, 0.15) is 11.6 Å². The quantitative estimate of drug-likeness (QED) is 0.897. The van der Waals surface area contributed by atoms with Gasteiger partial charge in [-0.3, -0.25) is 0 Å². The summed E-state index contributed by atoms with van der Waals surface area (Å²) in [5.41, 5.74) is 1.83. The first-order valence-corrected chi connectivity index (χ1v) is 6.50. The van der Waals surface area contributed by atoms with Crippen molar-refractivity contribution in [2.45, 2.75) is 6.92 Å². The summed E-state index contributed by atoms with van der Waals surface area (Å²) in [6.07, 6.45) is 1.74. The summed E-state index contributed by atoms with van der Waals surface area (Å²) in [4.78, 5) is 4.32. The van der Waals surface area contributed by atoms with Gasteiger partial charge in [-0.1, -0.05) is 11.6 Å². The number of methoxy groups -OCH3 is 1. The van der Waals surface area contributed by atoms with E-state index in [2.05, 4.69) is 26.2 Å². The van der Waals surface area contributed by atoms with Crippen LogP contribution >= 0.6 is 27.5 Å². The Morgan fingerprint density at radius 1 is 1.33 bits per heavy atom. The molecule has 1 N–H and O–H groups in total. The van der Waals surface area contributed by atoms with Gasteiger partial charge in [-0.2, -0.15) is 0 Å². The molecule has 1 heterocycles. The standard InChI is InChI=1S/C13H12BrClN2O/c1-8-5-9(14)7-16-13(8)17-11-6-10(15)3-4-12(11)18-2/h3-7H,1-2H3,(H,16,17). The minimum atomic E-state index is 0.646. The van der Waals surface area contributed by atoms with Crippen molar-refractivity contribution in [3.05, 3.63) is 45.5 Å². The molecule has 2 aromatic rings. The Kier molecular flexibility index (Phi) is 4.09. The van der Waals surface area contributed by atoms with Crippen LogP contribution in [0.5, 0.6) is 5.75 Å². The van der Waals surface area contributed by atoms with Gasteiger partial charge in [0.25, 0.3) is 0 Å². The van der Waals surface area contributed by atoms with E-state index >= 15 is 0 Å². The zero-order valence-electron chi connectivity index (χ0n) is 10.00. The fourth-order valence-electron chi connectivity index (χ4n) is 1.58. The Labute approximate surface area is 119 Å². The maximum Gasteiger partial charge on any atom is 0.142 e. The average Bonchev–Trinajstić information content (AvgIpc) is 2.33. The van der Waals surface area contributed by atoms with Gasteiger partial charge >= 0.3 is 0 Å². The van der Waals surface area contributed by atoms with Crippen LogP contribution in [-0.4, -0.2) is 12.1 Å². The molecule has 0 unspecified atom stereocenters. The molecule has 0 aliphatic carbocycles. The molecule has 1 aromatic heterocycles. The van der Waals surface area contributed by atoms with Crippen molar-refractivity contribution in [2.24, 2.45) is 0 Å². The number of halogens is 2. The van der Waals surface area contributed by atoms with E-state index in [1.165, 1.54) is 0 Å². The van der Waals surface area contributed by atoms with Gasteiger partial charge < -0.3 is 10.1 Å². The molecule has 0 aliphatic rings. The number of rotatable bonds is 3. The summed E-state index contributed by atoms with van der Waals surface area (Å²) in [5.74, 6) is 1.50. The summed E-state index contributed by atoms with van der Waals surface area (Å²) < 4.78 is 6.23. The van der Waals surface area contributed by atoms with E-state index in [0.717, 1.165) is 27.3 Å². The van der Waals surface area contributed by atoms with Crippen LogP contribution < -0.4 is 10.1 Å². The van der Waals surface area contributed by atoms with Crippen LogP contribution in [0.15, 0.2) is 34.9 Å². The Bertz CT molecular complexity index is 575. The van der Waals surface area contributed by atoms with Crippen LogP contribution in [0.1, 0.15) is 5.56 Å². The lowest BCUT2D eigenvalue weighted by Crippen LogP contribution is -1.98. The first-order chi connectivity index (χ1) is 8.60. The highest BCUT2D eigenvalue weighted by Gasteiger charge is 2.07. The molecule has 0 saturated carbocycles. The summed E-state index contributed by atoms with van der Waals surface area (Å²) in [7, 11) is 1.62. The van der Waals surface area contributed by atoms with Crippen LogP contribution in [0.4, 0.5) is 11.5 Å². The van der Waals surface area contributed by atoms with E-state index in [0.29, 0.717) is 5.02 Å². The fourth-order valence-corrected chi connectivity index (χ4v) is 2.19. The molecule has 0 saturated heterocycles. The second kappa shape index (κ2) is 5.59. The van der Waals surface area contributed by atoms with Gasteiger partial charge in [0.05, 0.1) is 12.8 Å². The Morgan fingerprint density at radius 2 is 2.11 bits per heavy atom. The molecule has 0 bridgehead atoms. The number of hydrogen-bond acceptors (Lipinski definition) is 3. The van der Waals surface area contributed by atoms with E-state index in [4.69, 9.17) is 16.3 Å². The van der Waals surface area contributed by atoms with Gasteiger partial charge in [-0.15, -0.1) is 0 Å². The summed E-state index contributed by atoms with van der Waals surface area (Å²) in [5, 5.41) is 3.86. The van der Waals surface area contributed by atoms with Crippen LogP contribution in [0.2, 0.25) is 5.02 Å². The van der Waals surface area contributed by atoms with Gasteiger partial charge in [0, 0.05) is 15.7 Å². The van der Waals surface area contributed by atoms with Crippen molar-refractivity contribution < 1.29 is 4.74 Å². The molecule has 0 radical (unpaired) electrons. The smallest absolute Gasteiger partial charge is 0.142 e. The van der Waals surface area contributed by atoms with E-state index < -0.39 is 0 Å². The molecule has 94 valence electrons. The largest absolute Gasteiger partial charge is 0.495 e. The predicted octanol–water partition coefficient (Wildman–Crippen LogP) is 4.56. The molecule has 2 rings (SSSR count). The van der Waals surface area contributed by atoms with E-state index in [9.17, 15) is 0 Å². The van der Waals surface area contributed by atoms with Gasteiger partial charge in [-0.25, -0.2) is 4.98 Å². The summed E-state index contributed by atoms with van der Waals surface area (Å²) in [6.45, 7) is 1.98. The third-order valence-electron chi connectivity index (χ3n) is 2.46. The molecule has 0 aliphatic heterocycles. The van der Waals surface area contributed by atoms with Crippen molar-refractivity contribution in [1.82, 2.24) is 4.98 Å². The molecule has 1 aromatic carbocycles. The predicted molar refractivity (Wildman–Crippen MR) is 78.0 cm³/mol. The lowest BCUT2D eigenvalue weighted by molar-refractivity contribution is 0.417. The van der Waals surface area contributed by atoms with Crippen LogP contribution in [0.3, 0.4) is 0 Å². The third kappa shape index (κ3) is 2.94. The Balaban J connectivity index is 2.36. The van der Waals surface area contributed by atoms with Crippen LogP contribution in [0, 0.1) is 6.92 Å². The number of aryl methyl sites for hydroxylation is 1.